The Morgan fingerprint density at radius 1 is 1.37 bits per heavy atom. The predicted octanol–water partition coefficient (Wildman–Crippen LogP) is 1.08. The average Bonchev–Trinajstić information content (AvgIpc) is 2.44. The number of hydrogen-bond donors (Lipinski definition) is 3. The van der Waals surface area contributed by atoms with Crippen molar-refractivity contribution in [1.82, 2.24) is 5.32 Å². The zero-order valence-corrected chi connectivity index (χ0v) is 11.5. The molecule has 1 rings (SSSR count). The van der Waals surface area contributed by atoms with Gasteiger partial charge in [0.1, 0.15) is 0 Å². The van der Waals surface area contributed by atoms with Crippen molar-refractivity contribution in [3.05, 3.63) is 35.9 Å². The van der Waals surface area contributed by atoms with Gasteiger partial charge >= 0.3 is 0 Å². The van der Waals surface area contributed by atoms with Crippen LogP contribution in [0.4, 0.5) is 0 Å². The second-order valence-corrected chi connectivity index (χ2v) is 4.91. The SMILES string of the molecule is CC(CCCN)C(=O)N[C@H](CO)Cc1ccccc1. The topological polar surface area (TPSA) is 75.4 Å². The van der Waals surface area contributed by atoms with E-state index >= 15 is 0 Å². The lowest BCUT2D eigenvalue weighted by Crippen LogP contribution is -2.41. The first-order chi connectivity index (χ1) is 9.17. The Bertz CT molecular complexity index is 368. The third kappa shape index (κ3) is 5.85. The molecule has 19 heavy (non-hydrogen) atoms. The largest absolute Gasteiger partial charge is 0.394 e. The second-order valence-electron chi connectivity index (χ2n) is 4.91. The van der Waals surface area contributed by atoms with Crippen molar-refractivity contribution in [3.63, 3.8) is 0 Å². The molecule has 0 aliphatic rings. The predicted molar refractivity (Wildman–Crippen MR) is 76.6 cm³/mol. The Morgan fingerprint density at radius 2 is 2.05 bits per heavy atom. The molecule has 0 aliphatic carbocycles. The van der Waals surface area contributed by atoms with Gasteiger partial charge in [0, 0.05) is 5.92 Å². The fraction of sp³-hybridized carbons (Fsp3) is 0.533. The Kier molecular flexibility index (Phi) is 7.15. The molecule has 1 amide bonds. The van der Waals surface area contributed by atoms with E-state index in [1.165, 1.54) is 0 Å². The summed E-state index contributed by atoms with van der Waals surface area (Å²) < 4.78 is 0. The molecule has 0 fully saturated rings. The van der Waals surface area contributed by atoms with E-state index < -0.39 is 0 Å². The summed E-state index contributed by atoms with van der Waals surface area (Å²) >= 11 is 0. The highest BCUT2D eigenvalue weighted by molar-refractivity contribution is 5.78. The fourth-order valence-electron chi connectivity index (χ4n) is 1.96. The van der Waals surface area contributed by atoms with Crippen LogP contribution in [0.5, 0.6) is 0 Å². The number of aliphatic hydroxyl groups excluding tert-OH is 1. The Labute approximate surface area is 115 Å². The molecule has 0 bridgehead atoms. The number of nitrogens with two attached hydrogens (primary N) is 1. The molecular formula is C15H24N2O2. The summed E-state index contributed by atoms with van der Waals surface area (Å²) in [5.74, 6) is -0.0724. The van der Waals surface area contributed by atoms with E-state index in [1.807, 2.05) is 37.3 Å². The van der Waals surface area contributed by atoms with Gasteiger partial charge in [0.15, 0.2) is 0 Å². The summed E-state index contributed by atoms with van der Waals surface area (Å²) in [5, 5.41) is 12.3. The average molecular weight is 264 g/mol. The van der Waals surface area contributed by atoms with Crippen LogP contribution in [0.1, 0.15) is 25.3 Å². The van der Waals surface area contributed by atoms with Crippen molar-refractivity contribution in [1.29, 1.82) is 0 Å². The summed E-state index contributed by atoms with van der Waals surface area (Å²) in [5.41, 5.74) is 6.54. The van der Waals surface area contributed by atoms with Crippen LogP contribution in [0.2, 0.25) is 0 Å². The van der Waals surface area contributed by atoms with E-state index in [0.29, 0.717) is 13.0 Å². The Hall–Kier alpha value is -1.39. The smallest absolute Gasteiger partial charge is 0.223 e. The number of rotatable bonds is 8. The van der Waals surface area contributed by atoms with Crippen molar-refractivity contribution >= 4 is 5.91 Å². The third-order valence-electron chi connectivity index (χ3n) is 3.18. The van der Waals surface area contributed by atoms with Crippen LogP contribution >= 0.6 is 0 Å². The van der Waals surface area contributed by atoms with E-state index in [-0.39, 0.29) is 24.5 Å². The van der Waals surface area contributed by atoms with Crippen molar-refractivity contribution < 1.29 is 9.90 Å². The molecule has 0 saturated carbocycles. The van der Waals surface area contributed by atoms with E-state index in [9.17, 15) is 9.90 Å². The minimum atomic E-state index is -0.227. The first kappa shape index (κ1) is 15.7. The molecule has 4 nitrogen and oxygen atoms in total. The van der Waals surface area contributed by atoms with Crippen LogP contribution in [-0.2, 0) is 11.2 Å². The van der Waals surface area contributed by atoms with Gasteiger partial charge in [-0.15, -0.1) is 0 Å². The Balaban J connectivity index is 2.45. The fourth-order valence-corrected chi connectivity index (χ4v) is 1.96. The molecule has 4 N–H and O–H groups in total. The van der Waals surface area contributed by atoms with Crippen LogP contribution in [0.25, 0.3) is 0 Å². The minimum absolute atomic E-state index is 0.0107. The molecule has 2 atom stereocenters. The monoisotopic (exact) mass is 264 g/mol. The molecule has 106 valence electrons. The molecule has 0 heterocycles. The lowest BCUT2D eigenvalue weighted by molar-refractivity contribution is -0.125. The van der Waals surface area contributed by atoms with Crippen LogP contribution < -0.4 is 11.1 Å². The molecule has 1 unspecified atom stereocenters. The molecule has 0 radical (unpaired) electrons. The number of benzene rings is 1. The molecule has 4 heteroatoms. The van der Waals surface area contributed by atoms with Crippen molar-refractivity contribution in [2.45, 2.75) is 32.2 Å². The van der Waals surface area contributed by atoms with Gasteiger partial charge in [0.05, 0.1) is 12.6 Å². The molecular weight excluding hydrogens is 240 g/mol. The van der Waals surface area contributed by atoms with Crippen LogP contribution in [0.15, 0.2) is 30.3 Å². The Morgan fingerprint density at radius 3 is 2.63 bits per heavy atom. The summed E-state index contributed by atoms with van der Waals surface area (Å²) in [6.45, 7) is 2.44. The van der Waals surface area contributed by atoms with Gasteiger partial charge in [0.2, 0.25) is 5.91 Å². The summed E-state index contributed by atoms with van der Waals surface area (Å²) in [6, 6.07) is 9.62. The second kappa shape index (κ2) is 8.67. The highest BCUT2D eigenvalue weighted by Gasteiger charge is 2.17. The summed E-state index contributed by atoms with van der Waals surface area (Å²) in [7, 11) is 0. The number of aliphatic hydroxyl groups is 1. The molecule has 0 saturated heterocycles. The van der Waals surface area contributed by atoms with Gasteiger partial charge in [-0.2, -0.15) is 0 Å². The highest BCUT2D eigenvalue weighted by Crippen LogP contribution is 2.07. The van der Waals surface area contributed by atoms with Gasteiger partial charge in [-0.25, -0.2) is 0 Å². The van der Waals surface area contributed by atoms with E-state index in [2.05, 4.69) is 5.32 Å². The maximum absolute atomic E-state index is 11.9. The minimum Gasteiger partial charge on any atom is -0.394 e. The van der Waals surface area contributed by atoms with Crippen LogP contribution in [0, 0.1) is 5.92 Å². The van der Waals surface area contributed by atoms with Crippen molar-refractivity contribution in [2.24, 2.45) is 11.7 Å². The maximum Gasteiger partial charge on any atom is 0.223 e. The molecule has 0 aliphatic heterocycles. The molecule has 1 aromatic rings. The van der Waals surface area contributed by atoms with Crippen molar-refractivity contribution in [2.75, 3.05) is 13.2 Å². The molecule has 1 aromatic carbocycles. The first-order valence-electron chi connectivity index (χ1n) is 6.82. The van der Waals surface area contributed by atoms with Gasteiger partial charge in [-0.05, 0) is 31.4 Å². The number of nitrogens with one attached hydrogen (secondary N) is 1. The van der Waals surface area contributed by atoms with Crippen molar-refractivity contribution in [3.8, 4) is 0 Å². The lowest BCUT2D eigenvalue weighted by Gasteiger charge is -2.19. The summed E-state index contributed by atoms with van der Waals surface area (Å²) in [4.78, 5) is 11.9. The van der Waals surface area contributed by atoms with E-state index in [4.69, 9.17) is 5.73 Å². The van der Waals surface area contributed by atoms with Gasteiger partial charge < -0.3 is 16.2 Å². The van der Waals surface area contributed by atoms with Gasteiger partial charge in [-0.3, -0.25) is 4.79 Å². The first-order valence-corrected chi connectivity index (χ1v) is 6.82. The molecule has 0 spiro atoms. The maximum atomic E-state index is 11.9. The number of hydrogen-bond acceptors (Lipinski definition) is 3. The highest BCUT2D eigenvalue weighted by atomic mass is 16.3. The summed E-state index contributed by atoms with van der Waals surface area (Å²) in [6.07, 6.45) is 2.27. The zero-order chi connectivity index (χ0) is 14.1. The third-order valence-corrected chi connectivity index (χ3v) is 3.18. The number of amides is 1. The van der Waals surface area contributed by atoms with Gasteiger partial charge in [0.25, 0.3) is 0 Å². The number of carbonyl (C=O) groups excluding carboxylic acids is 1. The number of carbonyl (C=O) groups is 1. The van der Waals surface area contributed by atoms with Gasteiger partial charge in [-0.1, -0.05) is 37.3 Å². The quantitative estimate of drug-likeness (QED) is 0.657. The standard InChI is InChI=1S/C15H24N2O2/c1-12(6-5-9-16)15(19)17-14(11-18)10-13-7-3-2-4-8-13/h2-4,7-8,12,14,18H,5-6,9-11,16H2,1H3,(H,17,19)/t12?,14-/m0/s1. The van der Waals surface area contributed by atoms with E-state index in [0.717, 1.165) is 18.4 Å². The molecule has 0 aromatic heterocycles. The normalized spacial score (nSPS) is 13.8. The zero-order valence-electron chi connectivity index (χ0n) is 11.5. The van der Waals surface area contributed by atoms with E-state index in [1.54, 1.807) is 0 Å². The lowest BCUT2D eigenvalue weighted by atomic mass is 10.0. The van der Waals surface area contributed by atoms with Crippen LogP contribution in [-0.4, -0.2) is 30.2 Å². The van der Waals surface area contributed by atoms with Crippen LogP contribution in [0.3, 0.4) is 0 Å².